The number of nitrogens with zero attached hydrogens (tertiary/aromatic N) is 1. The van der Waals surface area contributed by atoms with Gasteiger partial charge in [0.05, 0.1) is 6.54 Å². The standard InChI is InChI=1S/C14H19N3O2/c1-9-5-14(19)17(7-9)8-13(18)16-12-4-3-11(15)6-10(12)2/h3-4,6,9H,5,7-8,15H2,1-2H3,(H,16,18). The van der Waals surface area contributed by atoms with Crippen molar-refractivity contribution >= 4 is 23.2 Å². The van der Waals surface area contributed by atoms with Gasteiger partial charge < -0.3 is 16.0 Å². The maximum absolute atomic E-state index is 11.9. The number of benzene rings is 1. The number of anilines is 2. The van der Waals surface area contributed by atoms with Crippen molar-refractivity contribution in [3.8, 4) is 0 Å². The smallest absolute Gasteiger partial charge is 0.244 e. The van der Waals surface area contributed by atoms with Gasteiger partial charge in [0, 0.05) is 24.3 Å². The third kappa shape index (κ3) is 3.24. The molecule has 1 saturated heterocycles. The number of carbonyl (C=O) groups excluding carboxylic acids is 2. The Morgan fingerprint density at radius 3 is 2.84 bits per heavy atom. The number of nitrogens with one attached hydrogen (secondary N) is 1. The molecule has 1 fully saturated rings. The summed E-state index contributed by atoms with van der Waals surface area (Å²) in [6, 6.07) is 5.32. The molecular formula is C14H19N3O2. The van der Waals surface area contributed by atoms with E-state index in [0.29, 0.717) is 24.6 Å². The molecule has 2 rings (SSSR count). The minimum Gasteiger partial charge on any atom is -0.399 e. The lowest BCUT2D eigenvalue weighted by Gasteiger charge is -2.16. The molecule has 0 radical (unpaired) electrons. The van der Waals surface area contributed by atoms with Gasteiger partial charge in [-0.15, -0.1) is 0 Å². The lowest BCUT2D eigenvalue weighted by atomic mass is 10.2. The second-order valence-electron chi connectivity index (χ2n) is 5.21. The van der Waals surface area contributed by atoms with Gasteiger partial charge in [0.2, 0.25) is 11.8 Å². The van der Waals surface area contributed by atoms with Gasteiger partial charge in [0.25, 0.3) is 0 Å². The third-order valence-electron chi connectivity index (χ3n) is 3.27. The van der Waals surface area contributed by atoms with E-state index in [1.54, 1.807) is 23.1 Å². The van der Waals surface area contributed by atoms with Crippen LogP contribution in [-0.4, -0.2) is 29.8 Å². The number of amides is 2. The average Bonchev–Trinajstić information content (AvgIpc) is 2.61. The minimum atomic E-state index is -0.171. The monoisotopic (exact) mass is 261 g/mol. The highest BCUT2D eigenvalue weighted by molar-refractivity contribution is 5.95. The van der Waals surface area contributed by atoms with Gasteiger partial charge in [0.15, 0.2) is 0 Å². The zero-order valence-corrected chi connectivity index (χ0v) is 11.3. The summed E-state index contributed by atoms with van der Waals surface area (Å²) < 4.78 is 0. The van der Waals surface area contributed by atoms with Crippen LogP contribution in [0.3, 0.4) is 0 Å². The predicted molar refractivity (Wildman–Crippen MR) is 74.6 cm³/mol. The van der Waals surface area contributed by atoms with E-state index < -0.39 is 0 Å². The van der Waals surface area contributed by atoms with Crippen LogP contribution in [0.1, 0.15) is 18.9 Å². The Kier molecular flexibility index (Phi) is 3.74. The van der Waals surface area contributed by atoms with Crippen molar-refractivity contribution in [3.05, 3.63) is 23.8 Å². The Labute approximate surface area is 112 Å². The first-order valence-electron chi connectivity index (χ1n) is 6.39. The molecule has 5 heteroatoms. The fraction of sp³-hybridized carbons (Fsp3) is 0.429. The van der Waals surface area contributed by atoms with Gasteiger partial charge in [-0.3, -0.25) is 9.59 Å². The lowest BCUT2D eigenvalue weighted by Crippen LogP contribution is -2.34. The Hall–Kier alpha value is -2.04. The molecule has 102 valence electrons. The maximum Gasteiger partial charge on any atom is 0.244 e. The van der Waals surface area contributed by atoms with Crippen LogP contribution in [0.25, 0.3) is 0 Å². The van der Waals surface area contributed by atoms with Gasteiger partial charge in [0.1, 0.15) is 0 Å². The molecule has 0 aromatic heterocycles. The van der Waals surface area contributed by atoms with E-state index in [2.05, 4.69) is 5.32 Å². The number of hydrogen-bond acceptors (Lipinski definition) is 3. The number of likely N-dealkylation sites (tertiary alicyclic amines) is 1. The lowest BCUT2D eigenvalue weighted by molar-refractivity contribution is -0.131. The second kappa shape index (κ2) is 5.30. The molecule has 19 heavy (non-hydrogen) atoms. The third-order valence-corrected chi connectivity index (χ3v) is 3.27. The molecule has 2 amide bonds. The summed E-state index contributed by atoms with van der Waals surface area (Å²) in [6.45, 7) is 4.68. The van der Waals surface area contributed by atoms with Crippen molar-refractivity contribution in [2.75, 3.05) is 24.1 Å². The van der Waals surface area contributed by atoms with E-state index in [-0.39, 0.29) is 18.4 Å². The molecule has 1 aliphatic heterocycles. The summed E-state index contributed by atoms with van der Waals surface area (Å²) in [5, 5.41) is 2.81. The Morgan fingerprint density at radius 1 is 1.53 bits per heavy atom. The fourth-order valence-corrected chi connectivity index (χ4v) is 2.31. The van der Waals surface area contributed by atoms with E-state index in [4.69, 9.17) is 5.73 Å². The highest BCUT2D eigenvalue weighted by atomic mass is 16.2. The molecule has 1 heterocycles. The van der Waals surface area contributed by atoms with E-state index in [1.807, 2.05) is 13.8 Å². The second-order valence-corrected chi connectivity index (χ2v) is 5.21. The highest BCUT2D eigenvalue weighted by Gasteiger charge is 2.27. The Bertz CT molecular complexity index is 513. The topological polar surface area (TPSA) is 75.4 Å². The normalized spacial score (nSPS) is 18.7. The summed E-state index contributed by atoms with van der Waals surface area (Å²) in [5.41, 5.74) is 7.97. The van der Waals surface area contributed by atoms with Crippen molar-refractivity contribution in [2.24, 2.45) is 5.92 Å². The van der Waals surface area contributed by atoms with E-state index >= 15 is 0 Å². The van der Waals surface area contributed by atoms with Crippen LogP contribution in [0, 0.1) is 12.8 Å². The zero-order chi connectivity index (χ0) is 14.0. The van der Waals surface area contributed by atoms with E-state index in [1.165, 1.54) is 0 Å². The number of carbonyl (C=O) groups is 2. The molecule has 0 aliphatic carbocycles. The highest BCUT2D eigenvalue weighted by Crippen LogP contribution is 2.19. The summed E-state index contributed by atoms with van der Waals surface area (Å²) >= 11 is 0. The molecule has 0 saturated carbocycles. The average molecular weight is 261 g/mol. The first-order valence-corrected chi connectivity index (χ1v) is 6.39. The summed E-state index contributed by atoms with van der Waals surface area (Å²) in [7, 11) is 0. The molecule has 3 N–H and O–H groups in total. The summed E-state index contributed by atoms with van der Waals surface area (Å²) in [5.74, 6) is 0.213. The maximum atomic E-state index is 11.9. The van der Waals surface area contributed by atoms with Crippen molar-refractivity contribution in [3.63, 3.8) is 0 Å². The summed E-state index contributed by atoms with van der Waals surface area (Å²) in [4.78, 5) is 25.1. The molecule has 0 bridgehead atoms. The SMILES string of the molecule is Cc1cc(N)ccc1NC(=O)CN1CC(C)CC1=O. The van der Waals surface area contributed by atoms with Crippen LogP contribution in [0.2, 0.25) is 0 Å². The molecule has 1 aliphatic rings. The number of nitrogen functional groups attached to an aromatic ring is 1. The first kappa shape index (κ1) is 13.4. The zero-order valence-electron chi connectivity index (χ0n) is 11.3. The van der Waals surface area contributed by atoms with E-state index in [9.17, 15) is 9.59 Å². The molecule has 5 nitrogen and oxygen atoms in total. The molecule has 1 aromatic carbocycles. The summed E-state index contributed by atoms with van der Waals surface area (Å²) in [6.07, 6.45) is 0.536. The van der Waals surface area contributed by atoms with Crippen LogP contribution in [0.4, 0.5) is 11.4 Å². The van der Waals surface area contributed by atoms with Gasteiger partial charge in [-0.2, -0.15) is 0 Å². The Morgan fingerprint density at radius 2 is 2.26 bits per heavy atom. The van der Waals surface area contributed by atoms with Crippen LogP contribution in [0.15, 0.2) is 18.2 Å². The number of rotatable bonds is 3. The van der Waals surface area contributed by atoms with Crippen LogP contribution in [-0.2, 0) is 9.59 Å². The van der Waals surface area contributed by atoms with E-state index in [0.717, 1.165) is 11.3 Å². The van der Waals surface area contributed by atoms with Crippen molar-refractivity contribution in [1.29, 1.82) is 0 Å². The minimum absolute atomic E-state index is 0.0525. The largest absolute Gasteiger partial charge is 0.399 e. The van der Waals surface area contributed by atoms with Gasteiger partial charge in [-0.25, -0.2) is 0 Å². The molecular weight excluding hydrogens is 242 g/mol. The molecule has 0 spiro atoms. The predicted octanol–water partition coefficient (Wildman–Crippen LogP) is 1.38. The van der Waals surface area contributed by atoms with Crippen molar-refractivity contribution in [2.45, 2.75) is 20.3 Å². The van der Waals surface area contributed by atoms with Crippen LogP contribution >= 0.6 is 0 Å². The van der Waals surface area contributed by atoms with Gasteiger partial charge in [-0.1, -0.05) is 6.92 Å². The molecule has 1 aromatic rings. The number of nitrogens with two attached hydrogens (primary N) is 1. The molecule has 1 unspecified atom stereocenters. The van der Waals surface area contributed by atoms with Gasteiger partial charge in [-0.05, 0) is 36.6 Å². The number of hydrogen-bond donors (Lipinski definition) is 2. The van der Waals surface area contributed by atoms with Crippen LogP contribution in [0.5, 0.6) is 0 Å². The van der Waals surface area contributed by atoms with Crippen molar-refractivity contribution in [1.82, 2.24) is 4.90 Å². The Balaban J connectivity index is 1.96. The van der Waals surface area contributed by atoms with Crippen LogP contribution < -0.4 is 11.1 Å². The quantitative estimate of drug-likeness (QED) is 0.807. The first-order chi connectivity index (χ1) is 8.95. The number of aryl methyl sites for hydroxylation is 1. The fourth-order valence-electron chi connectivity index (χ4n) is 2.31. The molecule has 1 atom stereocenters. The van der Waals surface area contributed by atoms with Crippen molar-refractivity contribution < 1.29 is 9.59 Å². The van der Waals surface area contributed by atoms with Gasteiger partial charge >= 0.3 is 0 Å².